The third kappa shape index (κ3) is 2.69. The standard InChI is InChI=1S/C14H23N5O2/c15-12(17-10-4-3-5-10)16-8-9-19-11(20)14(18-13(19)21)6-1-2-7-14/h10H,1-9H2,(H,18,21)(H3,15,16,17). The zero-order valence-corrected chi connectivity index (χ0v) is 12.2. The number of nitrogens with one attached hydrogen (secondary N) is 2. The number of amides is 3. The van der Waals surface area contributed by atoms with Crippen LogP contribution in [0, 0.1) is 0 Å². The van der Waals surface area contributed by atoms with Gasteiger partial charge in [-0.2, -0.15) is 0 Å². The van der Waals surface area contributed by atoms with Crippen molar-refractivity contribution in [2.75, 3.05) is 13.1 Å². The van der Waals surface area contributed by atoms with Gasteiger partial charge in [-0.15, -0.1) is 0 Å². The van der Waals surface area contributed by atoms with Crippen LogP contribution in [0.3, 0.4) is 0 Å². The van der Waals surface area contributed by atoms with Gasteiger partial charge in [0.25, 0.3) is 5.91 Å². The maximum absolute atomic E-state index is 12.4. The van der Waals surface area contributed by atoms with Crippen LogP contribution in [0.15, 0.2) is 4.99 Å². The molecule has 4 N–H and O–H groups in total. The van der Waals surface area contributed by atoms with E-state index >= 15 is 0 Å². The second-order valence-electron chi connectivity index (χ2n) is 6.22. The van der Waals surface area contributed by atoms with Crippen molar-refractivity contribution in [2.45, 2.75) is 56.5 Å². The fourth-order valence-electron chi connectivity index (χ4n) is 3.27. The number of carbonyl (C=O) groups is 2. The molecule has 0 atom stereocenters. The lowest BCUT2D eigenvalue weighted by molar-refractivity contribution is -0.131. The number of carbonyl (C=O) groups excluding carboxylic acids is 2. The van der Waals surface area contributed by atoms with Gasteiger partial charge in [0.05, 0.1) is 13.1 Å². The first kappa shape index (κ1) is 14.2. The second kappa shape index (κ2) is 5.54. The molecule has 0 unspecified atom stereocenters. The van der Waals surface area contributed by atoms with E-state index in [2.05, 4.69) is 15.6 Å². The fourth-order valence-corrected chi connectivity index (χ4v) is 3.27. The molecule has 2 saturated carbocycles. The summed E-state index contributed by atoms with van der Waals surface area (Å²) in [5.74, 6) is 0.313. The number of imide groups is 1. The van der Waals surface area contributed by atoms with Gasteiger partial charge in [0.15, 0.2) is 5.96 Å². The predicted octanol–water partition coefficient (Wildman–Crippen LogP) is 0.308. The van der Waals surface area contributed by atoms with E-state index in [0.29, 0.717) is 25.1 Å². The molecule has 7 nitrogen and oxygen atoms in total. The van der Waals surface area contributed by atoms with Crippen LogP contribution in [0.2, 0.25) is 0 Å². The average Bonchev–Trinajstić information content (AvgIpc) is 2.95. The van der Waals surface area contributed by atoms with Crippen LogP contribution in [0.25, 0.3) is 0 Å². The third-order valence-corrected chi connectivity index (χ3v) is 4.77. The minimum Gasteiger partial charge on any atom is -0.370 e. The molecule has 2 aliphatic carbocycles. The quantitative estimate of drug-likeness (QED) is 0.394. The summed E-state index contributed by atoms with van der Waals surface area (Å²) in [5.41, 5.74) is 5.16. The van der Waals surface area contributed by atoms with E-state index in [1.807, 2.05) is 0 Å². The summed E-state index contributed by atoms with van der Waals surface area (Å²) in [4.78, 5) is 29.8. The largest absolute Gasteiger partial charge is 0.370 e. The lowest BCUT2D eigenvalue weighted by Crippen LogP contribution is -2.44. The van der Waals surface area contributed by atoms with Gasteiger partial charge >= 0.3 is 6.03 Å². The van der Waals surface area contributed by atoms with Crippen LogP contribution in [-0.2, 0) is 4.79 Å². The van der Waals surface area contributed by atoms with Gasteiger partial charge in [-0.1, -0.05) is 12.8 Å². The average molecular weight is 293 g/mol. The van der Waals surface area contributed by atoms with Crippen molar-refractivity contribution in [3.05, 3.63) is 0 Å². The summed E-state index contributed by atoms with van der Waals surface area (Å²) in [5, 5.41) is 6.00. The highest BCUT2D eigenvalue weighted by Gasteiger charge is 2.52. The van der Waals surface area contributed by atoms with Crippen LogP contribution >= 0.6 is 0 Å². The molecule has 1 aliphatic heterocycles. The number of urea groups is 1. The predicted molar refractivity (Wildman–Crippen MR) is 78.7 cm³/mol. The molecular weight excluding hydrogens is 270 g/mol. The lowest BCUT2D eigenvalue weighted by atomic mass is 9.93. The number of nitrogens with two attached hydrogens (primary N) is 1. The molecule has 1 spiro atoms. The number of guanidine groups is 1. The Labute approximate surface area is 124 Å². The molecule has 3 fully saturated rings. The summed E-state index contributed by atoms with van der Waals surface area (Å²) in [6.45, 7) is 0.639. The summed E-state index contributed by atoms with van der Waals surface area (Å²) in [6.07, 6.45) is 6.99. The lowest BCUT2D eigenvalue weighted by Gasteiger charge is -2.26. The van der Waals surface area contributed by atoms with Crippen LogP contribution in [0.5, 0.6) is 0 Å². The van der Waals surface area contributed by atoms with E-state index < -0.39 is 5.54 Å². The van der Waals surface area contributed by atoms with Gasteiger partial charge in [-0.3, -0.25) is 14.7 Å². The molecule has 0 bridgehead atoms. The first-order chi connectivity index (χ1) is 10.1. The minimum absolute atomic E-state index is 0.0919. The van der Waals surface area contributed by atoms with Crippen LogP contribution < -0.4 is 16.4 Å². The summed E-state index contributed by atoms with van der Waals surface area (Å²) < 4.78 is 0. The monoisotopic (exact) mass is 293 g/mol. The smallest absolute Gasteiger partial charge is 0.325 e. The van der Waals surface area contributed by atoms with Gasteiger partial charge in [0, 0.05) is 6.04 Å². The van der Waals surface area contributed by atoms with E-state index in [1.54, 1.807) is 0 Å². The highest BCUT2D eigenvalue weighted by Crippen LogP contribution is 2.34. The molecular formula is C14H23N5O2. The summed E-state index contributed by atoms with van der Waals surface area (Å²) >= 11 is 0. The first-order valence-electron chi connectivity index (χ1n) is 7.81. The Bertz CT molecular complexity index is 466. The second-order valence-corrected chi connectivity index (χ2v) is 6.22. The Morgan fingerprint density at radius 2 is 2.05 bits per heavy atom. The van der Waals surface area contributed by atoms with Crippen molar-refractivity contribution in [1.29, 1.82) is 0 Å². The number of nitrogens with zero attached hydrogens (tertiary/aromatic N) is 2. The molecule has 1 heterocycles. The number of aliphatic imine (C=N–C) groups is 1. The third-order valence-electron chi connectivity index (χ3n) is 4.77. The molecule has 0 radical (unpaired) electrons. The molecule has 116 valence electrons. The van der Waals surface area contributed by atoms with Gasteiger partial charge < -0.3 is 16.4 Å². The molecule has 3 rings (SSSR count). The molecule has 21 heavy (non-hydrogen) atoms. The maximum Gasteiger partial charge on any atom is 0.325 e. The van der Waals surface area contributed by atoms with Gasteiger partial charge in [0.2, 0.25) is 0 Å². The Balaban J connectivity index is 1.51. The van der Waals surface area contributed by atoms with Crippen LogP contribution in [-0.4, -0.2) is 47.5 Å². The SMILES string of the molecule is NC(=NCCN1C(=O)NC2(CCCC2)C1=O)NC1CCC1. The van der Waals surface area contributed by atoms with Crippen molar-refractivity contribution in [3.63, 3.8) is 0 Å². The zero-order valence-electron chi connectivity index (χ0n) is 12.2. The number of hydrogen-bond donors (Lipinski definition) is 3. The van der Waals surface area contributed by atoms with Crippen LogP contribution in [0.4, 0.5) is 4.79 Å². The molecule has 7 heteroatoms. The Morgan fingerprint density at radius 1 is 1.33 bits per heavy atom. The van der Waals surface area contributed by atoms with Crippen molar-refractivity contribution in [2.24, 2.45) is 10.7 Å². The first-order valence-corrected chi connectivity index (χ1v) is 7.81. The molecule has 0 aromatic carbocycles. The van der Waals surface area contributed by atoms with Crippen molar-refractivity contribution in [1.82, 2.24) is 15.5 Å². The minimum atomic E-state index is -0.628. The summed E-state index contributed by atoms with van der Waals surface area (Å²) in [6, 6.07) is 0.148. The molecule has 3 amide bonds. The van der Waals surface area contributed by atoms with E-state index in [0.717, 1.165) is 38.5 Å². The topological polar surface area (TPSA) is 99.8 Å². The Morgan fingerprint density at radius 3 is 2.67 bits per heavy atom. The highest BCUT2D eigenvalue weighted by molar-refractivity contribution is 6.07. The van der Waals surface area contributed by atoms with E-state index in [9.17, 15) is 9.59 Å². The van der Waals surface area contributed by atoms with Gasteiger partial charge in [-0.05, 0) is 32.1 Å². The molecule has 3 aliphatic rings. The van der Waals surface area contributed by atoms with E-state index in [-0.39, 0.29) is 11.9 Å². The highest BCUT2D eigenvalue weighted by atomic mass is 16.2. The normalized spacial score (nSPS) is 25.3. The molecule has 0 aromatic rings. The number of rotatable bonds is 4. The van der Waals surface area contributed by atoms with Gasteiger partial charge in [0.1, 0.15) is 5.54 Å². The van der Waals surface area contributed by atoms with Crippen molar-refractivity contribution >= 4 is 17.9 Å². The van der Waals surface area contributed by atoms with Gasteiger partial charge in [-0.25, -0.2) is 4.79 Å². The molecule has 1 saturated heterocycles. The van der Waals surface area contributed by atoms with E-state index in [1.165, 1.54) is 11.3 Å². The van der Waals surface area contributed by atoms with E-state index in [4.69, 9.17) is 5.73 Å². The van der Waals surface area contributed by atoms with Crippen molar-refractivity contribution < 1.29 is 9.59 Å². The summed E-state index contributed by atoms with van der Waals surface area (Å²) in [7, 11) is 0. The Hall–Kier alpha value is -1.79. The molecule has 0 aromatic heterocycles. The van der Waals surface area contributed by atoms with Crippen molar-refractivity contribution in [3.8, 4) is 0 Å². The fraction of sp³-hybridized carbons (Fsp3) is 0.786. The maximum atomic E-state index is 12.4. The number of hydrogen-bond acceptors (Lipinski definition) is 3. The van der Waals surface area contributed by atoms with Crippen LogP contribution in [0.1, 0.15) is 44.9 Å². The Kier molecular flexibility index (Phi) is 3.73. The zero-order chi connectivity index (χ0) is 14.9.